The zero-order valence-corrected chi connectivity index (χ0v) is 10.6. The molecule has 0 aliphatic carbocycles. The van der Waals surface area contributed by atoms with Crippen LogP contribution in [0.15, 0.2) is 18.2 Å². The normalized spacial score (nSPS) is 19.5. The minimum atomic E-state index is 0.104. The van der Waals surface area contributed by atoms with Crippen LogP contribution >= 0.6 is 0 Å². The Bertz CT molecular complexity index is 378. The highest BCUT2D eigenvalue weighted by molar-refractivity contribution is 5.61. The van der Waals surface area contributed by atoms with E-state index in [1.54, 1.807) is 0 Å². The SMILES string of the molecule is CCOc1cc(NCC2COCCO2)ccc1N. The first-order valence-electron chi connectivity index (χ1n) is 6.25. The zero-order valence-electron chi connectivity index (χ0n) is 10.6. The molecule has 5 nitrogen and oxygen atoms in total. The van der Waals surface area contributed by atoms with E-state index in [2.05, 4.69) is 5.32 Å². The van der Waals surface area contributed by atoms with E-state index in [4.69, 9.17) is 19.9 Å². The molecule has 18 heavy (non-hydrogen) atoms. The molecule has 5 heteroatoms. The molecule has 0 saturated carbocycles. The molecule has 3 N–H and O–H groups in total. The molecule has 0 radical (unpaired) electrons. The maximum Gasteiger partial charge on any atom is 0.144 e. The van der Waals surface area contributed by atoms with E-state index in [9.17, 15) is 0 Å². The quantitative estimate of drug-likeness (QED) is 0.777. The van der Waals surface area contributed by atoms with Gasteiger partial charge in [0, 0.05) is 18.3 Å². The van der Waals surface area contributed by atoms with Crippen molar-refractivity contribution in [1.29, 1.82) is 0 Å². The van der Waals surface area contributed by atoms with Gasteiger partial charge in [-0.3, -0.25) is 0 Å². The van der Waals surface area contributed by atoms with Gasteiger partial charge in [0.2, 0.25) is 0 Å². The van der Waals surface area contributed by atoms with Crippen molar-refractivity contribution in [1.82, 2.24) is 0 Å². The number of hydrogen-bond acceptors (Lipinski definition) is 5. The van der Waals surface area contributed by atoms with Crippen molar-refractivity contribution in [2.45, 2.75) is 13.0 Å². The molecule has 1 unspecified atom stereocenters. The van der Waals surface area contributed by atoms with Gasteiger partial charge >= 0.3 is 0 Å². The van der Waals surface area contributed by atoms with E-state index < -0.39 is 0 Å². The Labute approximate surface area is 107 Å². The van der Waals surface area contributed by atoms with Crippen LogP contribution in [0.2, 0.25) is 0 Å². The van der Waals surface area contributed by atoms with Crippen LogP contribution in [0.4, 0.5) is 11.4 Å². The molecule has 0 amide bonds. The monoisotopic (exact) mass is 252 g/mol. The summed E-state index contributed by atoms with van der Waals surface area (Å²) in [5, 5.41) is 3.30. The summed E-state index contributed by atoms with van der Waals surface area (Å²) in [6, 6.07) is 5.68. The smallest absolute Gasteiger partial charge is 0.144 e. The van der Waals surface area contributed by atoms with Crippen molar-refractivity contribution in [2.75, 3.05) is 44.0 Å². The van der Waals surface area contributed by atoms with E-state index in [0.717, 1.165) is 12.2 Å². The van der Waals surface area contributed by atoms with Crippen LogP contribution in [0.25, 0.3) is 0 Å². The number of anilines is 2. The summed E-state index contributed by atoms with van der Waals surface area (Å²) < 4.78 is 16.3. The molecule has 0 bridgehead atoms. The van der Waals surface area contributed by atoms with Crippen LogP contribution in [-0.4, -0.2) is 39.1 Å². The van der Waals surface area contributed by atoms with Crippen LogP contribution in [-0.2, 0) is 9.47 Å². The number of nitrogens with two attached hydrogens (primary N) is 1. The van der Waals surface area contributed by atoms with Crippen molar-refractivity contribution in [2.24, 2.45) is 0 Å². The Morgan fingerprint density at radius 1 is 1.44 bits per heavy atom. The minimum absolute atomic E-state index is 0.104. The van der Waals surface area contributed by atoms with E-state index in [-0.39, 0.29) is 6.10 Å². The zero-order chi connectivity index (χ0) is 12.8. The Kier molecular flexibility index (Phi) is 4.66. The van der Waals surface area contributed by atoms with Crippen molar-refractivity contribution in [3.63, 3.8) is 0 Å². The number of ether oxygens (including phenoxy) is 3. The first-order valence-corrected chi connectivity index (χ1v) is 6.25. The molecular formula is C13H20N2O3. The number of nitrogen functional groups attached to an aromatic ring is 1. The van der Waals surface area contributed by atoms with Crippen LogP contribution in [0.5, 0.6) is 5.75 Å². The molecule has 0 aromatic heterocycles. The molecule has 100 valence electrons. The predicted octanol–water partition coefficient (Wildman–Crippen LogP) is 1.49. The minimum Gasteiger partial charge on any atom is -0.492 e. The summed E-state index contributed by atoms with van der Waals surface area (Å²) >= 11 is 0. The molecule has 1 saturated heterocycles. The van der Waals surface area contributed by atoms with Gasteiger partial charge in [-0.1, -0.05) is 0 Å². The average molecular weight is 252 g/mol. The first-order chi connectivity index (χ1) is 8.79. The summed E-state index contributed by atoms with van der Waals surface area (Å²) in [6.07, 6.45) is 0.104. The molecule has 1 aliphatic rings. The van der Waals surface area contributed by atoms with E-state index in [1.807, 2.05) is 25.1 Å². The van der Waals surface area contributed by atoms with Crippen LogP contribution in [0.1, 0.15) is 6.92 Å². The fourth-order valence-corrected chi connectivity index (χ4v) is 1.81. The lowest BCUT2D eigenvalue weighted by atomic mass is 10.2. The van der Waals surface area contributed by atoms with Gasteiger partial charge in [0.1, 0.15) is 5.75 Å². The fourth-order valence-electron chi connectivity index (χ4n) is 1.81. The molecule has 2 rings (SSSR count). The lowest BCUT2D eigenvalue weighted by molar-refractivity contribution is -0.0818. The Morgan fingerprint density at radius 3 is 3.06 bits per heavy atom. The highest BCUT2D eigenvalue weighted by Crippen LogP contribution is 2.25. The van der Waals surface area contributed by atoms with Gasteiger partial charge < -0.3 is 25.3 Å². The summed E-state index contributed by atoms with van der Waals surface area (Å²) in [5.74, 6) is 0.711. The summed E-state index contributed by atoms with van der Waals surface area (Å²) in [4.78, 5) is 0. The lowest BCUT2D eigenvalue weighted by Crippen LogP contribution is -2.34. The Morgan fingerprint density at radius 2 is 2.33 bits per heavy atom. The molecule has 1 aliphatic heterocycles. The number of hydrogen-bond donors (Lipinski definition) is 2. The second-order valence-electron chi connectivity index (χ2n) is 4.13. The summed E-state index contributed by atoms with van der Waals surface area (Å²) in [6.45, 7) is 5.25. The van der Waals surface area contributed by atoms with Gasteiger partial charge in [0.25, 0.3) is 0 Å². The van der Waals surface area contributed by atoms with Gasteiger partial charge in [-0.25, -0.2) is 0 Å². The van der Waals surface area contributed by atoms with E-state index in [0.29, 0.717) is 37.9 Å². The molecule has 1 aromatic rings. The maximum absolute atomic E-state index is 5.82. The largest absolute Gasteiger partial charge is 0.492 e. The average Bonchev–Trinajstić information content (AvgIpc) is 2.41. The van der Waals surface area contributed by atoms with Gasteiger partial charge in [-0.05, 0) is 19.1 Å². The Balaban J connectivity index is 1.90. The van der Waals surface area contributed by atoms with Crippen LogP contribution < -0.4 is 15.8 Å². The van der Waals surface area contributed by atoms with Gasteiger partial charge in [-0.2, -0.15) is 0 Å². The van der Waals surface area contributed by atoms with Crippen molar-refractivity contribution in [3.05, 3.63) is 18.2 Å². The summed E-state index contributed by atoms with van der Waals surface area (Å²) in [5.41, 5.74) is 7.44. The Hall–Kier alpha value is -1.46. The molecule has 1 fully saturated rings. The number of rotatable bonds is 5. The topological polar surface area (TPSA) is 65.7 Å². The summed E-state index contributed by atoms with van der Waals surface area (Å²) in [7, 11) is 0. The molecular weight excluding hydrogens is 232 g/mol. The van der Waals surface area contributed by atoms with Crippen molar-refractivity contribution in [3.8, 4) is 5.75 Å². The van der Waals surface area contributed by atoms with Crippen molar-refractivity contribution < 1.29 is 14.2 Å². The van der Waals surface area contributed by atoms with Gasteiger partial charge in [-0.15, -0.1) is 0 Å². The number of nitrogens with one attached hydrogen (secondary N) is 1. The fraction of sp³-hybridized carbons (Fsp3) is 0.538. The molecule has 1 atom stereocenters. The highest BCUT2D eigenvalue weighted by atomic mass is 16.6. The number of benzene rings is 1. The van der Waals surface area contributed by atoms with Gasteiger partial charge in [0.05, 0.1) is 38.2 Å². The molecule has 1 aromatic carbocycles. The van der Waals surface area contributed by atoms with E-state index in [1.165, 1.54) is 0 Å². The van der Waals surface area contributed by atoms with Gasteiger partial charge in [0.15, 0.2) is 0 Å². The predicted molar refractivity (Wildman–Crippen MR) is 71.1 cm³/mol. The standard InChI is InChI=1S/C13H20N2O3/c1-2-17-13-7-10(3-4-12(13)14)15-8-11-9-16-5-6-18-11/h3-4,7,11,15H,2,5-6,8-9,14H2,1H3. The highest BCUT2D eigenvalue weighted by Gasteiger charge is 2.13. The third-order valence-electron chi connectivity index (χ3n) is 2.73. The third-order valence-corrected chi connectivity index (χ3v) is 2.73. The molecule has 1 heterocycles. The lowest BCUT2D eigenvalue weighted by Gasteiger charge is -2.23. The first kappa shape index (κ1) is 13.0. The van der Waals surface area contributed by atoms with E-state index >= 15 is 0 Å². The molecule has 0 spiro atoms. The van der Waals surface area contributed by atoms with Crippen LogP contribution in [0, 0.1) is 0 Å². The van der Waals surface area contributed by atoms with Crippen LogP contribution in [0.3, 0.4) is 0 Å². The second kappa shape index (κ2) is 6.47. The second-order valence-corrected chi connectivity index (χ2v) is 4.13. The third kappa shape index (κ3) is 3.51. The van der Waals surface area contributed by atoms with Crippen molar-refractivity contribution >= 4 is 11.4 Å². The maximum atomic E-state index is 5.82.